The number of nitrogens with zero attached hydrogens (tertiary/aromatic N) is 1. The number of rotatable bonds is 12. The summed E-state index contributed by atoms with van der Waals surface area (Å²) in [5, 5.41) is 5.48. The molecule has 2 aromatic carbocycles. The highest BCUT2D eigenvalue weighted by molar-refractivity contribution is 5.99. The number of esters is 1. The molecule has 0 saturated heterocycles. The number of hydrogen-bond acceptors (Lipinski definition) is 10. The van der Waals surface area contributed by atoms with Gasteiger partial charge in [-0.1, -0.05) is 12.1 Å². The van der Waals surface area contributed by atoms with Gasteiger partial charge in [0.1, 0.15) is 6.04 Å². The molecule has 1 aromatic heterocycles. The van der Waals surface area contributed by atoms with E-state index in [4.69, 9.17) is 28.4 Å². The van der Waals surface area contributed by atoms with E-state index in [0.717, 1.165) is 0 Å². The molecular weight excluding hydrogens is 558 g/mol. The van der Waals surface area contributed by atoms with Crippen LogP contribution in [0.15, 0.2) is 54.4 Å². The summed E-state index contributed by atoms with van der Waals surface area (Å²) in [5.41, 5.74) is 2.35. The molecule has 1 heterocycles. The Morgan fingerprint density at radius 1 is 0.721 bits per heavy atom. The van der Waals surface area contributed by atoms with Crippen molar-refractivity contribution in [2.75, 3.05) is 35.5 Å². The monoisotopic (exact) mass is 593 g/mol. The maximum absolute atomic E-state index is 13.3. The van der Waals surface area contributed by atoms with Crippen LogP contribution in [-0.2, 0) is 9.59 Å². The molecule has 0 aliphatic carbocycles. The number of benzene rings is 2. The first kappa shape index (κ1) is 32.3. The molecule has 0 radical (unpaired) electrons. The summed E-state index contributed by atoms with van der Waals surface area (Å²) in [6, 6.07) is 11.2. The molecule has 1 atom stereocenters. The zero-order chi connectivity index (χ0) is 31.7. The van der Waals surface area contributed by atoms with E-state index in [9.17, 15) is 14.4 Å². The van der Waals surface area contributed by atoms with Gasteiger partial charge in [-0.2, -0.15) is 0 Å². The smallest absolute Gasteiger partial charge is 0.308 e. The van der Waals surface area contributed by atoms with Crippen molar-refractivity contribution in [1.29, 1.82) is 0 Å². The van der Waals surface area contributed by atoms with Gasteiger partial charge in [-0.05, 0) is 49.2 Å². The second kappa shape index (κ2) is 14.6. The average molecular weight is 594 g/mol. The topological polar surface area (TPSA) is 144 Å². The average Bonchev–Trinajstić information content (AvgIpc) is 3.00. The summed E-state index contributed by atoms with van der Waals surface area (Å²) in [5.74, 6) is 0.138. The van der Waals surface area contributed by atoms with Crippen molar-refractivity contribution in [3.63, 3.8) is 0 Å². The molecule has 0 spiro atoms. The van der Waals surface area contributed by atoms with E-state index < -0.39 is 23.8 Å². The van der Waals surface area contributed by atoms with Crippen LogP contribution < -0.4 is 39.1 Å². The molecular formula is C31H35N3O9. The van der Waals surface area contributed by atoms with Crippen LogP contribution in [0.5, 0.6) is 34.5 Å². The minimum Gasteiger partial charge on any atom is -0.493 e. The lowest BCUT2D eigenvalue weighted by atomic mass is 9.95. The van der Waals surface area contributed by atoms with Crippen LogP contribution >= 0.6 is 0 Å². The van der Waals surface area contributed by atoms with Gasteiger partial charge in [0, 0.05) is 30.5 Å². The maximum Gasteiger partial charge on any atom is 0.308 e. The highest BCUT2D eigenvalue weighted by atomic mass is 16.6. The van der Waals surface area contributed by atoms with Crippen LogP contribution in [0.4, 0.5) is 0 Å². The van der Waals surface area contributed by atoms with Gasteiger partial charge in [0.25, 0.3) is 5.91 Å². The van der Waals surface area contributed by atoms with Crippen molar-refractivity contribution in [3.05, 3.63) is 71.2 Å². The fraction of sp³-hybridized carbons (Fsp3) is 0.290. The minimum atomic E-state index is -1.02. The van der Waals surface area contributed by atoms with Crippen LogP contribution in [0.3, 0.4) is 0 Å². The number of allylic oxidation sites excluding steroid dienone is 1. The largest absolute Gasteiger partial charge is 0.493 e. The third-order valence-corrected chi connectivity index (χ3v) is 6.32. The predicted molar refractivity (Wildman–Crippen MR) is 158 cm³/mol. The SMILES string of the molecule is COc1ccc(C(=C(C)NC(=O)[C@H](C)NC(=O)c2nccc(OC)c2OC(C)=O)c2ccc(OC)c(OC)c2)cc1OC. The number of pyridine rings is 1. The molecule has 2 N–H and O–H groups in total. The fourth-order valence-electron chi connectivity index (χ4n) is 4.26. The van der Waals surface area contributed by atoms with E-state index in [0.29, 0.717) is 45.4 Å². The van der Waals surface area contributed by atoms with Gasteiger partial charge in [0.2, 0.25) is 11.7 Å². The Morgan fingerprint density at radius 2 is 1.23 bits per heavy atom. The number of methoxy groups -OCH3 is 5. The van der Waals surface area contributed by atoms with Crippen molar-refractivity contribution in [2.45, 2.75) is 26.8 Å². The number of ether oxygens (including phenoxy) is 6. The van der Waals surface area contributed by atoms with Gasteiger partial charge in [-0.25, -0.2) is 4.98 Å². The number of hydrogen-bond donors (Lipinski definition) is 2. The van der Waals surface area contributed by atoms with Gasteiger partial charge in [0.05, 0.1) is 35.5 Å². The Morgan fingerprint density at radius 3 is 1.70 bits per heavy atom. The normalized spacial score (nSPS) is 11.0. The summed E-state index contributed by atoms with van der Waals surface area (Å²) in [6.07, 6.45) is 1.33. The molecule has 2 amide bonds. The van der Waals surface area contributed by atoms with Crippen LogP contribution in [0.2, 0.25) is 0 Å². The molecule has 0 bridgehead atoms. The maximum atomic E-state index is 13.3. The summed E-state index contributed by atoms with van der Waals surface area (Å²) < 4.78 is 32.2. The number of nitrogens with one attached hydrogen (secondary N) is 2. The van der Waals surface area contributed by atoms with Crippen LogP contribution in [0, 0.1) is 0 Å². The lowest BCUT2D eigenvalue weighted by Gasteiger charge is -2.20. The number of aromatic nitrogens is 1. The van der Waals surface area contributed by atoms with E-state index in [1.807, 2.05) is 12.1 Å². The lowest BCUT2D eigenvalue weighted by molar-refractivity contribution is -0.132. The lowest BCUT2D eigenvalue weighted by Crippen LogP contribution is -2.44. The molecule has 0 aliphatic rings. The highest BCUT2D eigenvalue weighted by Crippen LogP contribution is 2.37. The molecule has 0 aliphatic heterocycles. The van der Waals surface area contributed by atoms with Gasteiger partial charge >= 0.3 is 5.97 Å². The Labute approximate surface area is 249 Å². The van der Waals surface area contributed by atoms with Gasteiger partial charge in [-0.15, -0.1) is 0 Å². The standard InChI is InChI=1S/C31H35N3O9/c1-17(33-30(36)18(2)34-31(37)28-29(43-19(3)35)24(40-6)13-14-32-28)27(20-9-11-22(38-4)25(15-20)41-7)21-10-12-23(39-5)26(16-21)42-8/h9-16,18H,1-8H3,(H,33,36)(H,34,37)/t18-/m0/s1. The van der Waals surface area contributed by atoms with Crippen molar-refractivity contribution < 1.29 is 42.8 Å². The van der Waals surface area contributed by atoms with Gasteiger partial charge in [0.15, 0.2) is 34.4 Å². The Bertz CT molecular complexity index is 1480. The third kappa shape index (κ3) is 7.53. The third-order valence-electron chi connectivity index (χ3n) is 6.32. The van der Waals surface area contributed by atoms with E-state index in [1.165, 1.54) is 47.4 Å². The molecule has 3 aromatic rings. The van der Waals surface area contributed by atoms with E-state index in [1.54, 1.807) is 45.4 Å². The van der Waals surface area contributed by atoms with E-state index in [-0.39, 0.29) is 17.2 Å². The van der Waals surface area contributed by atoms with Crippen molar-refractivity contribution >= 4 is 23.4 Å². The van der Waals surface area contributed by atoms with Crippen LogP contribution in [0.25, 0.3) is 5.57 Å². The molecule has 3 rings (SSSR count). The Balaban J connectivity index is 1.99. The highest BCUT2D eigenvalue weighted by Gasteiger charge is 2.25. The first-order valence-corrected chi connectivity index (χ1v) is 13.1. The number of carbonyl (C=O) groups is 3. The fourth-order valence-corrected chi connectivity index (χ4v) is 4.26. The molecule has 43 heavy (non-hydrogen) atoms. The second-order valence-electron chi connectivity index (χ2n) is 9.11. The Hall–Kier alpha value is -5.26. The van der Waals surface area contributed by atoms with Crippen LogP contribution in [0.1, 0.15) is 42.4 Å². The molecule has 12 heteroatoms. The summed E-state index contributed by atoms with van der Waals surface area (Å²) >= 11 is 0. The quantitative estimate of drug-likeness (QED) is 0.298. The summed E-state index contributed by atoms with van der Waals surface area (Å²) in [6.45, 7) is 4.43. The summed E-state index contributed by atoms with van der Waals surface area (Å²) in [4.78, 5) is 42.1. The van der Waals surface area contributed by atoms with Crippen LogP contribution in [-0.4, -0.2) is 64.4 Å². The number of amides is 2. The van der Waals surface area contributed by atoms with Gasteiger partial charge in [-0.3, -0.25) is 14.4 Å². The molecule has 0 saturated carbocycles. The van der Waals surface area contributed by atoms with E-state index in [2.05, 4.69) is 15.6 Å². The van der Waals surface area contributed by atoms with Crippen molar-refractivity contribution in [1.82, 2.24) is 15.6 Å². The Kier molecular flexibility index (Phi) is 10.9. The number of carbonyl (C=O) groups excluding carboxylic acids is 3. The van der Waals surface area contributed by atoms with Gasteiger partial charge < -0.3 is 39.1 Å². The van der Waals surface area contributed by atoms with Crippen molar-refractivity contribution in [3.8, 4) is 34.5 Å². The minimum absolute atomic E-state index is 0.140. The first-order chi connectivity index (χ1) is 20.6. The second-order valence-corrected chi connectivity index (χ2v) is 9.11. The zero-order valence-electron chi connectivity index (χ0n) is 25.3. The molecule has 228 valence electrons. The van der Waals surface area contributed by atoms with E-state index >= 15 is 0 Å². The first-order valence-electron chi connectivity index (χ1n) is 13.1. The zero-order valence-corrected chi connectivity index (χ0v) is 25.3. The molecule has 12 nitrogen and oxygen atoms in total. The molecule has 0 fully saturated rings. The van der Waals surface area contributed by atoms with Crippen molar-refractivity contribution in [2.24, 2.45) is 0 Å². The summed E-state index contributed by atoms with van der Waals surface area (Å²) in [7, 11) is 7.51. The molecule has 0 unspecified atom stereocenters. The predicted octanol–water partition coefficient (Wildman–Crippen LogP) is 3.76.